The Morgan fingerprint density at radius 2 is 2.24 bits per heavy atom. The van der Waals surface area contributed by atoms with Crippen LogP contribution < -0.4 is 0 Å². The number of halogens is 1. The molecular formula is C13H19ClN2O. The zero-order chi connectivity index (χ0) is 12.8. The Morgan fingerprint density at radius 1 is 1.53 bits per heavy atom. The van der Waals surface area contributed by atoms with E-state index in [1.54, 1.807) is 18.3 Å². The van der Waals surface area contributed by atoms with E-state index in [0.717, 1.165) is 13.0 Å². The van der Waals surface area contributed by atoms with Gasteiger partial charge in [-0.1, -0.05) is 31.9 Å². The molecule has 94 valence electrons. The van der Waals surface area contributed by atoms with Gasteiger partial charge in [0.2, 0.25) is 0 Å². The van der Waals surface area contributed by atoms with E-state index in [0.29, 0.717) is 23.2 Å². The van der Waals surface area contributed by atoms with Crippen LogP contribution in [0.1, 0.15) is 37.6 Å². The van der Waals surface area contributed by atoms with Crippen molar-refractivity contribution in [3.05, 3.63) is 29.0 Å². The second-order valence-electron chi connectivity index (χ2n) is 4.22. The van der Waals surface area contributed by atoms with Gasteiger partial charge in [0.1, 0.15) is 5.15 Å². The predicted octanol–water partition coefficient (Wildman–Crippen LogP) is 3.24. The summed E-state index contributed by atoms with van der Waals surface area (Å²) < 4.78 is 0. The van der Waals surface area contributed by atoms with Crippen LogP contribution in [0, 0.1) is 5.92 Å². The second-order valence-corrected chi connectivity index (χ2v) is 4.61. The Kier molecular flexibility index (Phi) is 5.42. The summed E-state index contributed by atoms with van der Waals surface area (Å²) in [5.74, 6) is 0.535. The molecule has 1 rings (SSSR count). The van der Waals surface area contributed by atoms with Crippen molar-refractivity contribution in [2.75, 3.05) is 13.1 Å². The van der Waals surface area contributed by atoms with Crippen molar-refractivity contribution in [3.63, 3.8) is 0 Å². The largest absolute Gasteiger partial charge is 0.339 e. The highest BCUT2D eigenvalue weighted by Crippen LogP contribution is 2.12. The van der Waals surface area contributed by atoms with Crippen molar-refractivity contribution in [2.24, 2.45) is 5.92 Å². The molecule has 0 saturated heterocycles. The fourth-order valence-corrected chi connectivity index (χ4v) is 1.75. The SMILES string of the molecule is CCC(C)CN(CC)C(=O)c1ccnc(Cl)c1. The molecule has 17 heavy (non-hydrogen) atoms. The van der Waals surface area contributed by atoms with Gasteiger partial charge >= 0.3 is 0 Å². The number of rotatable bonds is 5. The van der Waals surface area contributed by atoms with Crippen molar-refractivity contribution in [1.29, 1.82) is 0 Å². The zero-order valence-electron chi connectivity index (χ0n) is 10.6. The Morgan fingerprint density at radius 3 is 2.76 bits per heavy atom. The van der Waals surface area contributed by atoms with Gasteiger partial charge in [0.15, 0.2) is 0 Å². The molecule has 0 aliphatic heterocycles. The minimum Gasteiger partial charge on any atom is -0.339 e. The highest BCUT2D eigenvalue weighted by Gasteiger charge is 2.16. The van der Waals surface area contributed by atoms with Gasteiger partial charge in [-0.25, -0.2) is 4.98 Å². The highest BCUT2D eigenvalue weighted by atomic mass is 35.5. The normalized spacial score (nSPS) is 12.2. The predicted molar refractivity (Wildman–Crippen MR) is 70.3 cm³/mol. The van der Waals surface area contributed by atoms with Gasteiger partial charge in [0.05, 0.1) is 0 Å². The lowest BCUT2D eigenvalue weighted by atomic mass is 10.1. The molecule has 1 heterocycles. The van der Waals surface area contributed by atoms with Crippen LogP contribution in [0.5, 0.6) is 0 Å². The molecular weight excluding hydrogens is 236 g/mol. The van der Waals surface area contributed by atoms with E-state index in [1.165, 1.54) is 0 Å². The van der Waals surface area contributed by atoms with Gasteiger partial charge in [0, 0.05) is 24.8 Å². The molecule has 0 aliphatic carbocycles. The van der Waals surface area contributed by atoms with E-state index in [4.69, 9.17) is 11.6 Å². The maximum absolute atomic E-state index is 12.2. The summed E-state index contributed by atoms with van der Waals surface area (Å²) in [4.78, 5) is 17.9. The van der Waals surface area contributed by atoms with E-state index in [1.807, 2.05) is 11.8 Å². The fraction of sp³-hybridized carbons (Fsp3) is 0.538. The number of aromatic nitrogens is 1. The molecule has 1 atom stereocenters. The van der Waals surface area contributed by atoms with E-state index in [2.05, 4.69) is 18.8 Å². The number of pyridine rings is 1. The summed E-state index contributed by atoms with van der Waals surface area (Å²) >= 11 is 5.79. The third-order valence-electron chi connectivity index (χ3n) is 2.87. The van der Waals surface area contributed by atoms with Gasteiger partial charge in [-0.2, -0.15) is 0 Å². The monoisotopic (exact) mass is 254 g/mol. The number of hydrogen-bond acceptors (Lipinski definition) is 2. The highest BCUT2D eigenvalue weighted by molar-refractivity contribution is 6.29. The molecule has 1 unspecified atom stereocenters. The minimum atomic E-state index is 0.0251. The van der Waals surface area contributed by atoms with E-state index < -0.39 is 0 Å². The Hall–Kier alpha value is -1.09. The van der Waals surface area contributed by atoms with Crippen molar-refractivity contribution < 1.29 is 4.79 Å². The van der Waals surface area contributed by atoms with Crippen LogP contribution in [0.4, 0.5) is 0 Å². The lowest BCUT2D eigenvalue weighted by Gasteiger charge is -2.24. The van der Waals surface area contributed by atoms with Crippen LogP contribution in [-0.2, 0) is 0 Å². The van der Waals surface area contributed by atoms with E-state index in [9.17, 15) is 4.79 Å². The Balaban J connectivity index is 2.79. The zero-order valence-corrected chi connectivity index (χ0v) is 11.4. The lowest BCUT2D eigenvalue weighted by molar-refractivity contribution is 0.0740. The van der Waals surface area contributed by atoms with Crippen LogP contribution in [0.15, 0.2) is 18.3 Å². The smallest absolute Gasteiger partial charge is 0.254 e. The summed E-state index contributed by atoms with van der Waals surface area (Å²) in [6, 6.07) is 3.32. The summed E-state index contributed by atoms with van der Waals surface area (Å²) in [6.45, 7) is 7.76. The van der Waals surface area contributed by atoms with Crippen molar-refractivity contribution in [2.45, 2.75) is 27.2 Å². The maximum atomic E-state index is 12.2. The number of carbonyl (C=O) groups is 1. The van der Waals surface area contributed by atoms with Gasteiger partial charge < -0.3 is 4.90 Å². The summed E-state index contributed by atoms with van der Waals surface area (Å²) in [6.07, 6.45) is 2.63. The molecule has 0 radical (unpaired) electrons. The fourth-order valence-electron chi connectivity index (χ4n) is 1.58. The van der Waals surface area contributed by atoms with Gasteiger partial charge in [-0.3, -0.25) is 4.79 Å². The first-order valence-corrected chi connectivity index (χ1v) is 6.37. The minimum absolute atomic E-state index is 0.0251. The lowest BCUT2D eigenvalue weighted by Crippen LogP contribution is -2.34. The molecule has 0 saturated carbocycles. The molecule has 0 N–H and O–H groups in total. The summed E-state index contributed by atoms with van der Waals surface area (Å²) in [7, 11) is 0. The molecule has 3 nitrogen and oxygen atoms in total. The van der Waals surface area contributed by atoms with Crippen molar-refractivity contribution in [3.8, 4) is 0 Å². The average molecular weight is 255 g/mol. The molecule has 4 heteroatoms. The van der Waals surface area contributed by atoms with E-state index in [-0.39, 0.29) is 5.91 Å². The Bertz CT molecular complexity index is 381. The standard InChI is InChI=1S/C13H19ClN2O/c1-4-10(3)9-16(5-2)13(17)11-6-7-15-12(14)8-11/h6-8,10H,4-5,9H2,1-3H3. The van der Waals surface area contributed by atoms with Crippen molar-refractivity contribution >= 4 is 17.5 Å². The number of carbonyl (C=O) groups excluding carboxylic acids is 1. The first-order chi connectivity index (χ1) is 8.08. The third kappa shape index (κ3) is 4.00. The average Bonchev–Trinajstić information content (AvgIpc) is 2.34. The van der Waals surface area contributed by atoms with Crippen LogP contribution in [0.2, 0.25) is 5.15 Å². The number of amides is 1. The topological polar surface area (TPSA) is 33.2 Å². The molecule has 0 fully saturated rings. The number of nitrogens with zero attached hydrogens (tertiary/aromatic N) is 2. The molecule has 1 aromatic rings. The van der Waals surface area contributed by atoms with Gasteiger partial charge in [0.25, 0.3) is 5.91 Å². The summed E-state index contributed by atoms with van der Waals surface area (Å²) in [5, 5.41) is 0.357. The van der Waals surface area contributed by atoms with Crippen LogP contribution >= 0.6 is 11.6 Å². The first-order valence-electron chi connectivity index (χ1n) is 5.99. The first kappa shape index (κ1) is 14.0. The molecule has 1 aromatic heterocycles. The quantitative estimate of drug-likeness (QED) is 0.756. The molecule has 0 bridgehead atoms. The molecule has 0 spiro atoms. The van der Waals surface area contributed by atoms with Crippen LogP contribution in [0.3, 0.4) is 0 Å². The van der Waals surface area contributed by atoms with Crippen LogP contribution in [-0.4, -0.2) is 28.9 Å². The maximum Gasteiger partial charge on any atom is 0.254 e. The van der Waals surface area contributed by atoms with Crippen molar-refractivity contribution in [1.82, 2.24) is 9.88 Å². The van der Waals surface area contributed by atoms with Gasteiger partial charge in [-0.05, 0) is 25.0 Å². The molecule has 0 aliphatic rings. The van der Waals surface area contributed by atoms with Crippen LogP contribution in [0.25, 0.3) is 0 Å². The molecule has 1 amide bonds. The van der Waals surface area contributed by atoms with Gasteiger partial charge in [-0.15, -0.1) is 0 Å². The summed E-state index contributed by atoms with van der Waals surface area (Å²) in [5.41, 5.74) is 0.607. The molecule has 0 aromatic carbocycles. The Labute approximate surface area is 108 Å². The second kappa shape index (κ2) is 6.60. The van der Waals surface area contributed by atoms with E-state index >= 15 is 0 Å². The number of hydrogen-bond donors (Lipinski definition) is 0. The third-order valence-corrected chi connectivity index (χ3v) is 3.08.